The van der Waals surface area contributed by atoms with Gasteiger partial charge in [-0.05, 0) is 55.3 Å². The topological polar surface area (TPSA) is 46.0 Å². The molecular weight excluding hydrogens is 355 g/mol. The zero-order chi connectivity index (χ0) is 19.0. The first kappa shape index (κ1) is 17.6. The minimum absolute atomic E-state index is 0.155. The molecule has 1 N–H and O–H groups in total. The number of nitrogens with zero attached hydrogens (tertiary/aromatic N) is 4. The molecule has 1 fully saturated rings. The highest BCUT2D eigenvalue weighted by Crippen LogP contribution is 2.35. The Balaban J connectivity index is 1.42. The van der Waals surface area contributed by atoms with E-state index in [0.717, 1.165) is 28.1 Å². The molecule has 0 spiro atoms. The number of hydrogen-bond acceptors (Lipinski definition) is 4. The monoisotopic (exact) mass is 375 g/mol. The van der Waals surface area contributed by atoms with Crippen molar-refractivity contribution in [3.05, 3.63) is 42.5 Å². The van der Waals surface area contributed by atoms with E-state index in [1.807, 2.05) is 54.4 Å². The van der Waals surface area contributed by atoms with Crippen LogP contribution in [-0.4, -0.2) is 34.3 Å². The van der Waals surface area contributed by atoms with Gasteiger partial charge in [0.1, 0.15) is 5.52 Å². The van der Waals surface area contributed by atoms with Crippen LogP contribution in [0.2, 0.25) is 0 Å². The zero-order valence-electron chi connectivity index (χ0n) is 14.9. The molecule has 1 aliphatic rings. The Morgan fingerprint density at radius 2 is 1.67 bits per heavy atom. The molecular formula is C19H20F3N5. The molecule has 27 heavy (non-hydrogen) atoms. The van der Waals surface area contributed by atoms with Crippen molar-refractivity contribution in [3.63, 3.8) is 0 Å². The summed E-state index contributed by atoms with van der Waals surface area (Å²) in [6, 6.07) is 13.6. The SMILES string of the molecule is Cn1nnc2ccc(Nc3ccc(N4CCC(C(F)(F)F)CC4)cc3)cc21. The third-order valence-corrected chi connectivity index (χ3v) is 5.09. The molecule has 0 amide bonds. The van der Waals surface area contributed by atoms with E-state index in [0.29, 0.717) is 13.1 Å². The van der Waals surface area contributed by atoms with E-state index in [9.17, 15) is 13.2 Å². The molecule has 1 saturated heterocycles. The highest BCUT2D eigenvalue weighted by Gasteiger charge is 2.41. The van der Waals surface area contributed by atoms with Gasteiger partial charge < -0.3 is 10.2 Å². The first-order valence-electron chi connectivity index (χ1n) is 8.88. The Labute approximate surface area is 154 Å². The summed E-state index contributed by atoms with van der Waals surface area (Å²) in [5.41, 5.74) is 4.56. The summed E-state index contributed by atoms with van der Waals surface area (Å²) in [5.74, 6) is -1.17. The van der Waals surface area contributed by atoms with E-state index in [1.54, 1.807) is 4.68 Å². The lowest BCUT2D eigenvalue weighted by Crippen LogP contribution is -2.38. The summed E-state index contributed by atoms with van der Waals surface area (Å²) < 4.78 is 40.1. The third-order valence-electron chi connectivity index (χ3n) is 5.09. The van der Waals surface area contributed by atoms with E-state index in [4.69, 9.17) is 0 Å². The molecule has 0 bridgehead atoms. The number of piperidine rings is 1. The smallest absolute Gasteiger partial charge is 0.372 e. The van der Waals surface area contributed by atoms with Crippen molar-refractivity contribution in [2.45, 2.75) is 19.0 Å². The predicted molar refractivity (Wildman–Crippen MR) is 99.2 cm³/mol. The fourth-order valence-electron chi connectivity index (χ4n) is 3.50. The van der Waals surface area contributed by atoms with Crippen LogP contribution in [0.5, 0.6) is 0 Å². The van der Waals surface area contributed by atoms with Gasteiger partial charge in [0, 0.05) is 37.2 Å². The summed E-state index contributed by atoms with van der Waals surface area (Å²) in [6.07, 6.45) is -3.77. The first-order valence-corrected chi connectivity index (χ1v) is 8.88. The minimum atomic E-state index is -4.08. The van der Waals surface area contributed by atoms with Gasteiger partial charge in [-0.25, -0.2) is 4.68 Å². The maximum Gasteiger partial charge on any atom is 0.391 e. The Morgan fingerprint density at radius 3 is 2.33 bits per heavy atom. The number of anilines is 3. The molecule has 0 atom stereocenters. The molecule has 0 unspecified atom stereocenters. The fraction of sp³-hybridized carbons (Fsp3) is 0.368. The van der Waals surface area contributed by atoms with Crippen LogP contribution < -0.4 is 10.2 Å². The standard InChI is InChI=1S/C19H20F3N5/c1-26-18-12-15(4-7-17(18)24-25-26)23-14-2-5-16(6-3-14)27-10-8-13(9-11-27)19(20,21)22/h2-7,12-13,23H,8-11H2,1H3. The number of aromatic nitrogens is 3. The van der Waals surface area contributed by atoms with Crippen LogP contribution in [-0.2, 0) is 7.05 Å². The number of alkyl halides is 3. The molecule has 2 heterocycles. The van der Waals surface area contributed by atoms with Gasteiger partial charge in [0.15, 0.2) is 0 Å². The summed E-state index contributed by atoms with van der Waals surface area (Å²) in [6.45, 7) is 0.863. The number of nitrogens with one attached hydrogen (secondary N) is 1. The van der Waals surface area contributed by atoms with Crippen LogP contribution >= 0.6 is 0 Å². The second-order valence-corrected chi connectivity index (χ2v) is 6.89. The van der Waals surface area contributed by atoms with Gasteiger partial charge in [0.05, 0.1) is 11.4 Å². The Hall–Kier alpha value is -2.77. The van der Waals surface area contributed by atoms with E-state index in [-0.39, 0.29) is 12.8 Å². The van der Waals surface area contributed by atoms with Crippen molar-refractivity contribution in [1.29, 1.82) is 0 Å². The molecule has 142 valence electrons. The molecule has 5 nitrogen and oxygen atoms in total. The van der Waals surface area contributed by atoms with E-state index >= 15 is 0 Å². The second kappa shape index (κ2) is 6.75. The van der Waals surface area contributed by atoms with Crippen molar-refractivity contribution < 1.29 is 13.2 Å². The van der Waals surface area contributed by atoms with Crippen LogP contribution in [0.15, 0.2) is 42.5 Å². The molecule has 1 aliphatic heterocycles. The first-order chi connectivity index (χ1) is 12.9. The highest BCUT2D eigenvalue weighted by atomic mass is 19.4. The van der Waals surface area contributed by atoms with E-state index < -0.39 is 12.1 Å². The third kappa shape index (κ3) is 3.70. The van der Waals surface area contributed by atoms with Gasteiger partial charge >= 0.3 is 6.18 Å². The average Bonchev–Trinajstić information content (AvgIpc) is 3.02. The van der Waals surface area contributed by atoms with Crippen molar-refractivity contribution in [3.8, 4) is 0 Å². The van der Waals surface area contributed by atoms with Crippen molar-refractivity contribution in [1.82, 2.24) is 15.0 Å². The zero-order valence-corrected chi connectivity index (χ0v) is 14.9. The normalized spacial score (nSPS) is 16.1. The number of fused-ring (bicyclic) bond motifs is 1. The number of benzene rings is 2. The fourth-order valence-corrected chi connectivity index (χ4v) is 3.50. The Morgan fingerprint density at radius 1 is 1.00 bits per heavy atom. The van der Waals surface area contributed by atoms with Crippen molar-refractivity contribution in [2.75, 3.05) is 23.3 Å². The molecule has 3 aromatic rings. The minimum Gasteiger partial charge on any atom is -0.372 e. The maximum atomic E-state index is 12.8. The summed E-state index contributed by atoms with van der Waals surface area (Å²) in [4.78, 5) is 2.01. The molecule has 0 aliphatic carbocycles. The lowest BCUT2D eigenvalue weighted by Gasteiger charge is -2.34. The maximum absolute atomic E-state index is 12.8. The lowest BCUT2D eigenvalue weighted by molar-refractivity contribution is -0.179. The molecule has 4 rings (SSSR count). The van der Waals surface area contributed by atoms with Crippen molar-refractivity contribution in [2.24, 2.45) is 13.0 Å². The van der Waals surface area contributed by atoms with Gasteiger partial charge in [-0.3, -0.25) is 0 Å². The van der Waals surface area contributed by atoms with Gasteiger partial charge in [0.25, 0.3) is 0 Å². The number of halogens is 3. The number of hydrogen-bond donors (Lipinski definition) is 1. The van der Waals surface area contributed by atoms with Crippen LogP contribution in [0.25, 0.3) is 11.0 Å². The summed E-state index contributed by atoms with van der Waals surface area (Å²) in [7, 11) is 1.84. The predicted octanol–water partition coefficient (Wildman–Crippen LogP) is 4.49. The van der Waals surface area contributed by atoms with Gasteiger partial charge in [-0.2, -0.15) is 13.2 Å². The highest BCUT2D eigenvalue weighted by molar-refractivity contribution is 5.80. The van der Waals surface area contributed by atoms with E-state index in [2.05, 4.69) is 15.6 Å². The Kier molecular flexibility index (Phi) is 4.41. The summed E-state index contributed by atoms with van der Waals surface area (Å²) in [5, 5.41) is 11.4. The lowest BCUT2D eigenvalue weighted by atomic mass is 9.96. The molecule has 0 radical (unpaired) electrons. The van der Waals surface area contributed by atoms with Crippen LogP contribution in [0.4, 0.5) is 30.2 Å². The molecule has 2 aromatic carbocycles. The van der Waals surface area contributed by atoms with Crippen LogP contribution in [0, 0.1) is 5.92 Å². The molecule has 0 saturated carbocycles. The Bertz CT molecular complexity index is 925. The molecule has 1 aromatic heterocycles. The van der Waals surface area contributed by atoms with Crippen LogP contribution in [0.3, 0.4) is 0 Å². The summed E-state index contributed by atoms with van der Waals surface area (Å²) >= 11 is 0. The van der Waals surface area contributed by atoms with Crippen molar-refractivity contribution >= 4 is 28.1 Å². The quantitative estimate of drug-likeness (QED) is 0.733. The van der Waals surface area contributed by atoms with Crippen LogP contribution in [0.1, 0.15) is 12.8 Å². The van der Waals surface area contributed by atoms with E-state index in [1.165, 1.54) is 0 Å². The second-order valence-electron chi connectivity index (χ2n) is 6.89. The van der Waals surface area contributed by atoms with Gasteiger partial charge in [0.2, 0.25) is 0 Å². The average molecular weight is 375 g/mol. The molecule has 8 heteroatoms. The van der Waals surface area contributed by atoms with Gasteiger partial charge in [-0.15, -0.1) is 5.10 Å². The van der Waals surface area contributed by atoms with Gasteiger partial charge in [-0.1, -0.05) is 5.21 Å². The number of aryl methyl sites for hydroxylation is 1. The number of rotatable bonds is 3. The largest absolute Gasteiger partial charge is 0.391 e.